The molecule has 0 bridgehead atoms. The van der Waals surface area contributed by atoms with Crippen LogP contribution in [0.2, 0.25) is 0 Å². The molecular formula is C81H138Na4O12S4. The van der Waals surface area contributed by atoms with E-state index in [1.807, 2.05) is 0 Å². The number of unbranched alkanes of at least 4 members (excludes halogenated alkanes) is 45. The summed E-state index contributed by atoms with van der Waals surface area (Å²) in [6.45, 7) is 10.2. The standard InChI is InChI=1S/C22H38O3S.C21H36O3S.C20H34O3S.C18H30O3S.4Na/c1-2-3-4-5-6-7-8-9-10-11-12-13-14-18-21-25-26(23,24)22-19-16-15-17-20-22;1-2-3-4-5-6-7-8-9-10-11-12-13-17-20-24-25(22,23)21-18-15-14-16-19-21;1-2-3-4-5-6-7-8-9-10-11-12-16-19-23-24(21,22)20-17-14-13-15-18-20;1-2-3-4-5-6-7-8-9-10-14-17-21-22(19,20)18-15-12-11-13-16-18;;;;/h15-17,19-20H,2-14,18,21H2,1H3;14-16,18-19H,2-13,17,20H2,1H3;13-15,17-18H,2-12,16,19H2,1H3;11-13,15-16H,2-10,14,17H2,1H3;;;;. The third-order valence-corrected chi connectivity index (χ3v) is 22.6. The molecule has 0 fully saturated rings. The molecule has 0 aliphatic rings. The molecule has 4 rings (SSSR count). The Kier molecular flexibility index (Phi) is 82.5. The number of hydrogen-bond donors (Lipinski definition) is 0. The summed E-state index contributed by atoms with van der Waals surface area (Å²) in [7, 11) is -14.3. The first-order chi connectivity index (χ1) is 47.2. The Hall–Kier alpha value is 0.520. The van der Waals surface area contributed by atoms with Crippen molar-refractivity contribution in [2.45, 2.75) is 362 Å². The molecule has 4 aromatic carbocycles. The topological polar surface area (TPSA) is 173 Å². The quantitative estimate of drug-likeness (QED) is 0.0233. The second-order valence-corrected chi connectivity index (χ2v) is 32.7. The molecule has 0 amide bonds. The van der Waals surface area contributed by atoms with Gasteiger partial charge < -0.3 is 0 Å². The third kappa shape index (κ3) is 66.1. The monoisotopic (exact) mass is 1520 g/mol. The molecule has 0 saturated heterocycles. The van der Waals surface area contributed by atoms with E-state index >= 15 is 0 Å². The van der Waals surface area contributed by atoms with Crippen molar-refractivity contribution >= 4 is 159 Å². The van der Waals surface area contributed by atoms with Crippen molar-refractivity contribution in [2.75, 3.05) is 26.4 Å². The maximum atomic E-state index is 11.9. The Labute approximate surface area is 710 Å². The van der Waals surface area contributed by atoms with Gasteiger partial charge in [-0.15, -0.1) is 0 Å². The summed E-state index contributed by atoms with van der Waals surface area (Å²) in [6.07, 6.45) is 62.0. The molecule has 0 aliphatic carbocycles. The minimum absolute atomic E-state index is 0. The molecule has 0 spiro atoms. The molecule has 4 radical (unpaired) electrons. The fourth-order valence-corrected chi connectivity index (χ4v) is 15.1. The van der Waals surface area contributed by atoms with Crippen LogP contribution in [0.3, 0.4) is 0 Å². The van der Waals surface area contributed by atoms with Crippen LogP contribution in [0, 0.1) is 0 Å². The van der Waals surface area contributed by atoms with Crippen molar-refractivity contribution in [2.24, 2.45) is 0 Å². The molecule has 0 aliphatic heterocycles. The molecule has 0 heterocycles. The molecule has 0 aromatic heterocycles. The predicted octanol–water partition coefficient (Wildman–Crippen LogP) is 23.2. The first-order valence-corrected chi connectivity index (χ1v) is 44.6. The van der Waals surface area contributed by atoms with Gasteiger partial charge in [0.05, 0.1) is 46.0 Å². The van der Waals surface area contributed by atoms with Gasteiger partial charge in [-0.05, 0) is 74.2 Å². The van der Waals surface area contributed by atoms with Crippen LogP contribution >= 0.6 is 0 Å². The van der Waals surface area contributed by atoms with E-state index in [4.69, 9.17) is 16.7 Å². The number of hydrogen-bond acceptors (Lipinski definition) is 12. The maximum Gasteiger partial charge on any atom is 0.296 e. The molecule has 4 aromatic rings. The minimum Gasteiger partial charge on any atom is -0.266 e. The van der Waals surface area contributed by atoms with Gasteiger partial charge in [0.2, 0.25) is 0 Å². The van der Waals surface area contributed by atoms with E-state index in [-0.39, 0.29) is 164 Å². The summed E-state index contributed by atoms with van der Waals surface area (Å²) in [5, 5.41) is 0. The molecule has 0 N–H and O–H groups in total. The van der Waals surface area contributed by atoms with Crippen LogP contribution in [0.4, 0.5) is 0 Å². The molecule has 562 valence electrons. The summed E-state index contributed by atoms with van der Waals surface area (Å²) in [5.74, 6) is 0. The van der Waals surface area contributed by atoms with Crippen molar-refractivity contribution in [3.05, 3.63) is 121 Å². The van der Waals surface area contributed by atoms with Gasteiger partial charge >= 0.3 is 0 Å². The average Bonchev–Trinajstić information content (AvgIpc) is 0.892. The van der Waals surface area contributed by atoms with Crippen LogP contribution in [0.25, 0.3) is 0 Å². The summed E-state index contributed by atoms with van der Waals surface area (Å²) in [6, 6.07) is 33.4. The van der Waals surface area contributed by atoms with Crippen LogP contribution in [0.5, 0.6) is 0 Å². The van der Waals surface area contributed by atoms with E-state index in [0.29, 0.717) is 0 Å². The van der Waals surface area contributed by atoms with E-state index in [1.54, 1.807) is 121 Å². The van der Waals surface area contributed by atoms with Crippen LogP contribution in [0.15, 0.2) is 141 Å². The van der Waals surface area contributed by atoms with E-state index in [9.17, 15) is 33.7 Å². The Morgan fingerprint density at radius 3 is 0.406 bits per heavy atom. The number of benzene rings is 4. The largest absolute Gasteiger partial charge is 0.296 e. The fraction of sp³-hybridized carbons (Fsp3) is 0.704. The van der Waals surface area contributed by atoms with Crippen molar-refractivity contribution in [1.82, 2.24) is 0 Å². The van der Waals surface area contributed by atoms with Crippen LogP contribution in [-0.2, 0) is 57.2 Å². The normalized spacial score (nSPS) is 11.2. The van der Waals surface area contributed by atoms with E-state index in [2.05, 4.69) is 27.7 Å². The van der Waals surface area contributed by atoms with E-state index in [0.717, 1.165) is 51.4 Å². The first-order valence-electron chi connectivity index (χ1n) is 38.9. The van der Waals surface area contributed by atoms with Crippen molar-refractivity contribution < 1.29 is 50.4 Å². The predicted molar refractivity (Wildman–Crippen MR) is 430 cm³/mol. The zero-order valence-corrected chi connectivity index (χ0v) is 76.8. The maximum absolute atomic E-state index is 11.9. The zero-order valence-electron chi connectivity index (χ0n) is 65.6. The summed E-state index contributed by atoms with van der Waals surface area (Å²) >= 11 is 0. The SMILES string of the molecule is CCCCCCCCCCCCCCCCOS(=O)(=O)c1ccccc1.CCCCCCCCCCCCCCCOS(=O)(=O)c1ccccc1.CCCCCCCCCCCCCCOS(=O)(=O)c1ccccc1.CCCCCCCCCCCCOS(=O)(=O)c1ccccc1.[Na].[Na].[Na].[Na]. The second kappa shape index (κ2) is 77.3. The Balaban J connectivity index is -0.000000614. The fourth-order valence-electron chi connectivity index (χ4n) is 11.2. The van der Waals surface area contributed by atoms with E-state index in [1.165, 1.54) is 263 Å². The summed E-state index contributed by atoms with van der Waals surface area (Å²) in [4.78, 5) is 0.959. The number of rotatable bonds is 61. The van der Waals surface area contributed by atoms with Crippen molar-refractivity contribution in [1.29, 1.82) is 0 Å². The van der Waals surface area contributed by atoms with Gasteiger partial charge in [0.15, 0.2) is 0 Å². The molecule has 101 heavy (non-hydrogen) atoms. The van der Waals surface area contributed by atoms with Crippen LogP contribution in [-0.4, -0.2) is 178 Å². The average molecular weight is 1520 g/mol. The summed E-state index contributed by atoms with van der Waals surface area (Å²) < 4.78 is 116. The van der Waals surface area contributed by atoms with Crippen LogP contribution in [0.1, 0.15) is 342 Å². The van der Waals surface area contributed by atoms with Gasteiger partial charge in [0.25, 0.3) is 40.5 Å². The Bertz CT molecular complexity index is 2790. The molecule has 12 nitrogen and oxygen atoms in total. The van der Waals surface area contributed by atoms with Gasteiger partial charge in [0, 0.05) is 118 Å². The van der Waals surface area contributed by atoms with Gasteiger partial charge in [-0.3, -0.25) is 16.7 Å². The Morgan fingerprint density at radius 1 is 0.178 bits per heavy atom. The third-order valence-electron chi connectivity index (χ3n) is 17.3. The van der Waals surface area contributed by atoms with Gasteiger partial charge in [0.1, 0.15) is 0 Å². The second-order valence-electron chi connectivity index (χ2n) is 26.3. The van der Waals surface area contributed by atoms with Crippen LogP contribution < -0.4 is 0 Å². The summed E-state index contributed by atoms with van der Waals surface area (Å²) in [5.41, 5.74) is 0. The van der Waals surface area contributed by atoms with Gasteiger partial charge in [-0.2, -0.15) is 33.7 Å². The molecule has 0 unspecified atom stereocenters. The zero-order chi connectivity index (χ0) is 70.8. The van der Waals surface area contributed by atoms with Crippen molar-refractivity contribution in [3.63, 3.8) is 0 Å². The minimum atomic E-state index is -3.58. The van der Waals surface area contributed by atoms with Gasteiger partial charge in [-0.1, -0.05) is 389 Å². The molecule has 0 saturated carbocycles. The molecule has 0 atom stereocenters. The Morgan fingerprint density at radius 2 is 0.287 bits per heavy atom. The smallest absolute Gasteiger partial charge is 0.266 e. The van der Waals surface area contributed by atoms with Crippen molar-refractivity contribution in [3.8, 4) is 0 Å². The molecule has 20 heteroatoms. The van der Waals surface area contributed by atoms with Gasteiger partial charge in [-0.25, -0.2) is 0 Å². The molecular weight excluding hydrogens is 1390 g/mol. The van der Waals surface area contributed by atoms with E-state index < -0.39 is 40.5 Å². The first kappa shape index (κ1) is 108.